The van der Waals surface area contributed by atoms with E-state index < -0.39 is 5.82 Å². The van der Waals surface area contributed by atoms with Crippen LogP contribution in [0.2, 0.25) is 0 Å². The van der Waals surface area contributed by atoms with Crippen molar-refractivity contribution in [1.29, 1.82) is 5.26 Å². The third-order valence-corrected chi connectivity index (χ3v) is 2.51. The van der Waals surface area contributed by atoms with Crippen molar-refractivity contribution in [2.24, 2.45) is 0 Å². The van der Waals surface area contributed by atoms with Crippen molar-refractivity contribution in [3.63, 3.8) is 0 Å². The SMILES string of the molecule is CCOc1cc(N)cc(Oc2ccc(C#N)c(F)c2)c1. The van der Waals surface area contributed by atoms with Gasteiger partial charge >= 0.3 is 0 Å². The summed E-state index contributed by atoms with van der Waals surface area (Å²) in [5, 5.41) is 8.67. The standard InChI is InChI=1S/C15H13FN2O2/c1-2-19-13-5-11(18)6-14(7-13)20-12-4-3-10(9-17)15(16)8-12/h3-8H,2,18H2,1H3. The Morgan fingerprint density at radius 1 is 1.15 bits per heavy atom. The van der Waals surface area contributed by atoms with Gasteiger partial charge < -0.3 is 15.2 Å². The number of nitriles is 1. The minimum Gasteiger partial charge on any atom is -0.494 e. The maximum absolute atomic E-state index is 13.5. The van der Waals surface area contributed by atoms with Crippen LogP contribution in [-0.4, -0.2) is 6.61 Å². The number of hydrogen-bond donors (Lipinski definition) is 1. The monoisotopic (exact) mass is 272 g/mol. The van der Waals surface area contributed by atoms with Crippen molar-refractivity contribution in [1.82, 2.24) is 0 Å². The lowest BCUT2D eigenvalue weighted by Crippen LogP contribution is -1.95. The largest absolute Gasteiger partial charge is 0.494 e. The molecule has 4 nitrogen and oxygen atoms in total. The third-order valence-electron chi connectivity index (χ3n) is 2.51. The molecule has 0 fully saturated rings. The Labute approximate surface area is 116 Å². The summed E-state index contributed by atoms with van der Waals surface area (Å²) in [5.41, 5.74) is 6.20. The Hall–Kier alpha value is -2.74. The van der Waals surface area contributed by atoms with Gasteiger partial charge in [0.05, 0.1) is 12.2 Å². The van der Waals surface area contributed by atoms with Gasteiger partial charge in [-0.25, -0.2) is 4.39 Å². The topological polar surface area (TPSA) is 68.3 Å². The van der Waals surface area contributed by atoms with Gasteiger partial charge in [0.2, 0.25) is 0 Å². The van der Waals surface area contributed by atoms with Crippen molar-refractivity contribution in [2.45, 2.75) is 6.92 Å². The van der Waals surface area contributed by atoms with E-state index in [1.807, 2.05) is 6.92 Å². The highest BCUT2D eigenvalue weighted by molar-refractivity contribution is 5.51. The van der Waals surface area contributed by atoms with Crippen molar-refractivity contribution in [3.05, 3.63) is 47.8 Å². The van der Waals surface area contributed by atoms with Crippen molar-refractivity contribution in [3.8, 4) is 23.3 Å². The number of benzene rings is 2. The predicted octanol–water partition coefficient (Wildman–Crippen LogP) is 3.47. The minimum absolute atomic E-state index is 0.0278. The first-order valence-electron chi connectivity index (χ1n) is 6.03. The molecule has 0 heterocycles. The average Bonchev–Trinajstić information content (AvgIpc) is 2.38. The maximum atomic E-state index is 13.5. The molecule has 0 aliphatic heterocycles. The molecular weight excluding hydrogens is 259 g/mol. The molecule has 5 heteroatoms. The molecule has 0 radical (unpaired) electrons. The second-order valence-corrected chi connectivity index (χ2v) is 4.03. The lowest BCUT2D eigenvalue weighted by atomic mass is 10.2. The molecule has 0 saturated heterocycles. The molecule has 0 bridgehead atoms. The van der Waals surface area contributed by atoms with Crippen LogP contribution >= 0.6 is 0 Å². The van der Waals surface area contributed by atoms with E-state index in [9.17, 15) is 4.39 Å². The third kappa shape index (κ3) is 3.18. The zero-order valence-corrected chi connectivity index (χ0v) is 10.9. The molecule has 0 atom stereocenters. The zero-order valence-electron chi connectivity index (χ0n) is 10.9. The highest BCUT2D eigenvalue weighted by Gasteiger charge is 2.06. The Bertz CT molecular complexity index is 665. The van der Waals surface area contributed by atoms with E-state index in [0.29, 0.717) is 23.8 Å². The fourth-order valence-corrected chi connectivity index (χ4v) is 1.69. The first-order valence-corrected chi connectivity index (χ1v) is 6.03. The Morgan fingerprint density at radius 2 is 1.90 bits per heavy atom. The van der Waals surface area contributed by atoms with Crippen LogP contribution in [0, 0.1) is 17.1 Å². The van der Waals surface area contributed by atoms with Crippen LogP contribution in [0.5, 0.6) is 17.2 Å². The highest BCUT2D eigenvalue weighted by atomic mass is 19.1. The van der Waals surface area contributed by atoms with Gasteiger partial charge in [-0.2, -0.15) is 5.26 Å². The number of anilines is 1. The van der Waals surface area contributed by atoms with Crippen LogP contribution in [0.15, 0.2) is 36.4 Å². The molecule has 2 N–H and O–H groups in total. The van der Waals surface area contributed by atoms with E-state index in [0.717, 1.165) is 6.07 Å². The second kappa shape index (κ2) is 5.93. The van der Waals surface area contributed by atoms with Crippen LogP contribution < -0.4 is 15.2 Å². The zero-order chi connectivity index (χ0) is 14.5. The van der Waals surface area contributed by atoms with Crippen LogP contribution in [0.4, 0.5) is 10.1 Å². The van der Waals surface area contributed by atoms with Crippen molar-refractivity contribution >= 4 is 5.69 Å². The van der Waals surface area contributed by atoms with Gasteiger partial charge in [-0.1, -0.05) is 0 Å². The molecule has 2 rings (SSSR count). The molecule has 0 spiro atoms. The van der Waals surface area contributed by atoms with Gasteiger partial charge in [0, 0.05) is 30.0 Å². The summed E-state index contributed by atoms with van der Waals surface area (Å²) in [6, 6.07) is 10.7. The van der Waals surface area contributed by atoms with Crippen LogP contribution in [0.25, 0.3) is 0 Å². The van der Waals surface area contributed by atoms with Crippen molar-refractivity contribution < 1.29 is 13.9 Å². The normalized spacial score (nSPS) is 9.85. The van der Waals surface area contributed by atoms with Gasteiger partial charge in [-0.05, 0) is 19.1 Å². The predicted molar refractivity (Wildman–Crippen MR) is 73.2 cm³/mol. The quantitative estimate of drug-likeness (QED) is 0.865. The summed E-state index contributed by atoms with van der Waals surface area (Å²) >= 11 is 0. The van der Waals surface area contributed by atoms with Crippen molar-refractivity contribution in [2.75, 3.05) is 12.3 Å². The summed E-state index contributed by atoms with van der Waals surface area (Å²) in [4.78, 5) is 0. The fraction of sp³-hybridized carbons (Fsp3) is 0.133. The Morgan fingerprint density at radius 3 is 2.55 bits per heavy atom. The van der Waals surface area contributed by atoms with Crippen LogP contribution in [-0.2, 0) is 0 Å². The Kier molecular flexibility index (Phi) is 4.06. The molecule has 2 aromatic rings. The van der Waals surface area contributed by atoms with Gasteiger partial charge in [0.25, 0.3) is 0 Å². The number of halogens is 1. The van der Waals surface area contributed by atoms with E-state index >= 15 is 0 Å². The van der Waals surface area contributed by atoms with Gasteiger partial charge in [0.15, 0.2) is 0 Å². The summed E-state index contributed by atoms with van der Waals surface area (Å²) in [6.07, 6.45) is 0. The first kappa shape index (κ1) is 13.7. The number of rotatable bonds is 4. The molecule has 20 heavy (non-hydrogen) atoms. The number of nitrogens with zero attached hydrogens (tertiary/aromatic N) is 1. The molecule has 0 aromatic heterocycles. The van der Waals surface area contributed by atoms with Crippen LogP contribution in [0.3, 0.4) is 0 Å². The second-order valence-electron chi connectivity index (χ2n) is 4.03. The summed E-state index contributed by atoms with van der Waals surface area (Å²) in [5.74, 6) is 0.683. The Balaban J connectivity index is 2.25. The molecule has 0 unspecified atom stereocenters. The summed E-state index contributed by atoms with van der Waals surface area (Å²) in [7, 11) is 0. The number of ether oxygens (including phenoxy) is 2. The maximum Gasteiger partial charge on any atom is 0.144 e. The van der Waals surface area contributed by atoms with Gasteiger partial charge in [-0.15, -0.1) is 0 Å². The van der Waals surface area contributed by atoms with E-state index in [-0.39, 0.29) is 11.3 Å². The summed E-state index contributed by atoms with van der Waals surface area (Å²) in [6.45, 7) is 2.37. The van der Waals surface area contributed by atoms with E-state index in [2.05, 4.69) is 0 Å². The van der Waals surface area contributed by atoms with Gasteiger partial charge in [0.1, 0.15) is 29.1 Å². The van der Waals surface area contributed by atoms with Crippen LogP contribution in [0.1, 0.15) is 12.5 Å². The van der Waals surface area contributed by atoms with Gasteiger partial charge in [-0.3, -0.25) is 0 Å². The number of nitrogens with two attached hydrogens (primary N) is 1. The fourth-order valence-electron chi connectivity index (χ4n) is 1.69. The van der Waals surface area contributed by atoms with E-state index in [1.54, 1.807) is 24.3 Å². The van der Waals surface area contributed by atoms with E-state index in [1.165, 1.54) is 12.1 Å². The smallest absolute Gasteiger partial charge is 0.144 e. The molecule has 0 aliphatic rings. The lowest BCUT2D eigenvalue weighted by molar-refractivity contribution is 0.338. The minimum atomic E-state index is -0.626. The molecule has 102 valence electrons. The molecule has 2 aromatic carbocycles. The number of hydrogen-bond acceptors (Lipinski definition) is 4. The highest BCUT2D eigenvalue weighted by Crippen LogP contribution is 2.29. The average molecular weight is 272 g/mol. The van der Waals surface area contributed by atoms with E-state index in [4.69, 9.17) is 20.5 Å². The molecule has 0 aliphatic carbocycles. The first-order chi connectivity index (χ1) is 9.62. The number of nitrogen functional groups attached to an aromatic ring is 1. The summed E-state index contributed by atoms with van der Waals surface area (Å²) < 4.78 is 24.3. The molecular formula is C15H13FN2O2. The lowest BCUT2D eigenvalue weighted by Gasteiger charge is -2.10. The molecule has 0 amide bonds. The molecule has 0 saturated carbocycles.